The highest BCUT2D eigenvalue weighted by Gasteiger charge is 2.37. The van der Waals surface area contributed by atoms with E-state index in [1.165, 1.54) is 25.2 Å². The average molecular weight is 315 g/mol. The molecule has 1 atom stereocenters. The molecule has 0 N–H and O–H groups in total. The van der Waals surface area contributed by atoms with Crippen LogP contribution in [0.3, 0.4) is 0 Å². The number of amides is 2. The Morgan fingerprint density at radius 3 is 2.77 bits per heavy atom. The lowest BCUT2D eigenvalue weighted by molar-refractivity contribution is -0.136. The summed E-state index contributed by atoms with van der Waals surface area (Å²) in [5.41, 5.74) is 2.72. The van der Waals surface area contributed by atoms with Crippen LogP contribution < -0.4 is 0 Å². The first-order valence-corrected chi connectivity index (χ1v) is 8.38. The third kappa shape index (κ3) is 2.73. The number of imide groups is 1. The van der Waals surface area contributed by atoms with Gasteiger partial charge >= 0.3 is 0 Å². The van der Waals surface area contributed by atoms with E-state index in [-0.39, 0.29) is 18.2 Å². The SMILES string of the molecule is CN1C(=O)CC(Sc2nc3c(cc2C#N)CCCCC3)C1=O. The highest BCUT2D eigenvalue weighted by atomic mass is 32.2. The van der Waals surface area contributed by atoms with Crippen LogP contribution in [0.25, 0.3) is 0 Å². The molecule has 0 radical (unpaired) electrons. The number of carbonyl (C=O) groups is 2. The van der Waals surface area contributed by atoms with Crippen LogP contribution >= 0.6 is 11.8 Å². The van der Waals surface area contributed by atoms with Gasteiger partial charge in [-0.15, -0.1) is 0 Å². The Balaban J connectivity index is 1.90. The van der Waals surface area contributed by atoms with Gasteiger partial charge in [0.15, 0.2) is 0 Å². The molecule has 2 amide bonds. The first-order valence-electron chi connectivity index (χ1n) is 7.50. The van der Waals surface area contributed by atoms with Crippen molar-refractivity contribution in [2.45, 2.75) is 48.8 Å². The van der Waals surface area contributed by atoms with Gasteiger partial charge in [0.1, 0.15) is 11.1 Å². The number of thioether (sulfide) groups is 1. The number of nitriles is 1. The minimum Gasteiger partial charge on any atom is -0.285 e. The Bertz CT molecular complexity index is 681. The van der Waals surface area contributed by atoms with Crippen LogP contribution in [0.2, 0.25) is 0 Å². The number of likely N-dealkylation sites (tertiary alicyclic amines) is 1. The summed E-state index contributed by atoms with van der Waals surface area (Å²) in [5, 5.41) is 9.50. The van der Waals surface area contributed by atoms with E-state index >= 15 is 0 Å². The first kappa shape index (κ1) is 15.0. The van der Waals surface area contributed by atoms with Crippen molar-refractivity contribution in [2.24, 2.45) is 0 Å². The van der Waals surface area contributed by atoms with Crippen LogP contribution in [0.1, 0.15) is 42.5 Å². The minimum absolute atomic E-state index is 0.171. The standard InChI is InChI=1S/C16H17N3O2S/c1-19-14(20)8-13(16(19)21)22-15-11(9-17)7-10-5-3-2-4-6-12(10)18-15/h7,13H,2-6,8H2,1H3. The Morgan fingerprint density at radius 1 is 1.32 bits per heavy atom. The second-order valence-corrected chi connectivity index (χ2v) is 6.91. The highest BCUT2D eigenvalue weighted by molar-refractivity contribution is 8.00. The van der Waals surface area contributed by atoms with Crippen LogP contribution in [-0.4, -0.2) is 34.0 Å². The maximum Gasteiger partial charge on any atom is 0.242 e. The molecule has 1 unspecified atom stereocenters. The number of fused-ring (bicyclic) bond motifs is 1. The van der Waals surface area contributed by atoms with Gasteiger partial charge < -0.3 is 0 Å². The lowest BCUT2D eigenvalue weighted by Crippen LogP contribution is -2.26. The van der Waals surface area contributed by atoms with Crippen LogP contribution in [0, 0.1) is 11.3 Å². The molecule has 2 aliphatic rings. The molecule has 3 rings (SSSR count). The van der Waals surface area contributed by atoms with E-state index in [9.17, 15) is 14.9 Å². The zero-order valence-electron chi connectivity index (χ0n) is 12.5. The van der Waals surface area contributed by atoms with Crippen molar-refractivity contribution in [1.82, 2.24) is 9.88 Å². The summed E-state index contributed by atoms with van der Waals surface area (Å²) in [6.07, 6.45) is 5.49. The Labute approximate surface area is 133 Å². The summed E-state index contributed by atoms with van der Waals surface area (Å²) in [6, 6.07) is 4.10. The molecule has 0 bridgehead atoms. The zero-order chi connectivity index (χ0) is 15.7. The smallest absolute Gasteiger partial charge is 0.242 e. The number of aryl methyl sites for hydroxylation is 2. The molecule has 1 aromatic rings. The van der Waals surface area contributed by atoms with Gasteiger partial charge in [0, 0.05) is 19.2 Å². The van der Waals surface area contributed by atoms with Crippen LogP contribution in [-0.2, 0) is 22.4 Å². The number of rotatable bonds is 2. The summed E-state index contributed by atoms with van der Waals surface area (Å²) in [7, 11) is 1.50. The molecule has 1 saturated heterocycles. The molecule has 6 heteroatoms. The quantitative estimate of drug-likeness (QED) is 0.617. The molecule has 114 valence electrons. The van der Waals surface area contributed by atoms with Crippen molar-refractivity contribution in [3.8, 4) is 6.07 Å². The Morgan fingerprint density at radius 2 is 2.09 bits per heavy atom. The van der Waals surface area contributed by atoms with Gasteiger partial charge in [-0.3, -0.25) is 14.5 Å². The van der Waals surface area contributed by atoms with Gasteiger partial charge in [-0.25, -0.2) is 4.98 Å². The fraction of sp³-hybridized carbons (Fsp3) is 0.500. The second-order valence-electron chi connectivity index (χ2n) is 5.72. The molecule has 0 aromatic carbocycles. The van der Waals surface area contributed by atoms with Crippen LogP contribution in [0.5, 0.6) is 0 Å². The predicted molar refractivity (Wildman–Crippen MR) is 82.3 cm³/mol. The molecular formula is C16H17N3O2S. The van der Waals surface area contributed by atoms with Crippen molar-refractivity contribution in [3.05, 3.63) is 22.9 Å². The predicted octanol–water partition coefficient (Wildman–Crippen LogP) is 2.07. The van der Waals surface area contributed by atoms with E-state index in [4.69, 9.17) is 0 Å². The molecule has 22 heavy (non-hydrogen) atoms. The number of carbonyl (C=O) groups excluding carboxylic acids is 2. The van der Waals surface area contributed by atoms with Gasteiger partial charge in [0.05, 0.1) is 10.8 Å². The third-order valence-electron chi connectivity index (χ3n) is 4.23. The maximum atomic E-state index is 12.0. The average Bonchev–Trinajstić information content (AvgIpc) is 2.71. The topological polar surface area (TPSA) is 74.1 Å². The molecule has 2 heterocycles. The van der Waals surface area contributed by atoms with Gasteiger partial charge in [-0.2, -0.15) is 5.26 Å². The monoisotopic (exact) mass is 315 g/mol. The van der Waals surface area contributed by atoms with Gasteiger partial charge in [0.2, 0.25) is 11.8 Å². The van der Waals surface area contributed by atoms with E-state index in [1.807, 2.05) is 6.07 Å². The van der Waals surface area contributed by atoms with E-state index in [1.54, 1.807) is 0 Å². The number of nitrogens with zero attached hydrogens (tertiary/aromatic N) is 3. The summed E-state index contributed by atoms with van der Waals surface area (Å²) < 4.78 is 0. The zero-order valence-corrected chi connectivity index (χ0v) is 13.3. The van der Waals surface area contributed by atoms with E-state index in [0.717, 1.165) is 41.8 Å². The second kappa shape index (κ2) is 6.09. The van der Waals surface area contributed by atoms with Crippen LogP contribution in [0.15, 0.2) is 11.1 Å². The molecule has 1 fully saturated rings. The first-order chi connectivity index (χ1) is 10.6. The summed E-state index contributed by atoms with van der Waals surface area (Å²) in [4.78, 5) is 29.5. The third-order valence-corrected chi connectivity index (χ3v) is 5.42. The lowest BCUT2D eigenvalue weighted by atomic mass is 10.1. The molecule has 1 aliphatic carbocycles. The summed E-state index contributed by atoms with van der Waals surface area (Å²) >= 11 is 1.25. The van der Waals surface area contributed by atoms with E-state index in [2.05, 4.69) is 11.1 Å². The Hall–Kier alpha value is -1.87. The maximum absolute atomic E-state index is 12.0. The number of aromatic nitrogens is 1. The lowest BCUT2D eigenvalue weighted by Gasteiger charge is -2.12. The summed E-state index contributed by atoms with van der Waals surface area (Å²) in [5.74, 6) is -0.369. The largest absolute Gasteiger partial charge is 0.285 e. The number of pyridine rings is 1. The summed E-state index contributed by atoms with van der Waals surface area (Å²) in [6.45, 7) is 0. The van der Waals surface area contributed by atoms with Gasteiger partial charge in [-0.1, -0.05) is 18.2 Å². The van der Waals surface area contributed by atoms with Crippen molar-refractivity contribution in [3.63, 3.8) is 0 Å². The highest BCUT2D eigenvalue weighted by Crippen LogP contribution is 2.33. The van der Waals surface area contributed by atoms with Crippen LogP contribution in [0.4, 0.5) is 0 Å². The molecule has 1 aromatic heterocycles. The van der Waals surface area contributed by atoms with E-state index < -0.39 is 5.25 Å². The van der Waals surface area contributed by atoms with Gasteiger partial charge in [0.25, 0.3) is 0 Å². The molecule has 0 saturated carbocycles. The van der Waals surface area contributed by atoms with Crippen molar-refractivity contribution < 1.29 is 9.59 Å². The fourth-order valence-electron chi connectivity index (χ4n) is 2.91. The molecule has 1 aliphatic heterocycles. The number of hydrogen-bond acceptors (Lipinski definition) is 5. The molecule has 5 nitrogen and oxygen atoms in total. The molecular weight excluding hydrogens is 298 g/mol. The normalized spacial score (nSPS) is 21.5. The minimum atomic E-state index is -0.457. The molecule has 0 spiro atoms. The van der Waals surface area contributed by atoms with E-state index in [0.29, 0.717) is 10.6 Å². The van der Waals surface area contributed by atoms with Crippen molar-refractivity contribution >= 4 is 23.6 Å². The van der Waals surface area contributed by atoms with Crippen molar-refractivity contribution in [1.29, 1.82) is 5.26 Å². The Kier molecular flexibility index (Phi) is 4.16. The fourth-order valence-corrected chi connectivity index (χ4v) is 4.06. The number of hydrogen-bond donors (Lipinski definition) is 0. The van der Waals surface area contributed by atoms with Gasteiger partial charge in [-0.05, 0) is 37.3 Å². The van der Waals surface area contributed by atoms with Crippen molar-refractivity contribution in [2.75, 3.05) is 7.05 Å².